The van der Waals surface area contributed by atoms with Crippen molar-refractivity contribution in [1.82, 2.24) is 15.1 Å². The van der Waals surface area contributed by atoms with Gasteiger partial charge in [0.1, 0.15) is 5.82 Å². The number of nitrogens with zero attached hydrogens (tertiary/aromatic N) is 3. The van der Waals surface area contributed by atoms with Crippen LogP contribution in [0.1, 0.15) is 23.8 Å². The Morgan fingerprint density at radius 3 is 2.68 bits per heavy atom. The highest BCUT2D eigenvalue weighted by Crippen LogP contribution is 2.08. The molecule has 19 heavy (non-hydrogen) atoms. The van der Waals surface area contributed by atoms with Gasteiger partial charge in [0.05, 0.1) is 0 Å². The summed E-state index contributed by atoms with van der Waals surface area (Å²) in [6.07, 6.45) is 1.01. The third kappa shape index (κ3) is 3.73. The Labute approximate surface area is 115 Å². The van der Waals surface area contributed by atoms with Crippen molar-refractivity contribution in [3.05, 3.63) is 17.8 Å². The summed E-state index contributed by atoms with van der Waals surface area (Å²) in [5.74, 6) is 1.65. The number of carbonyl (C=O) groups is 1. The lowest BCUT2D eigenvalue weighted by Crippen LogP contribution is -2.42. The molecule has 1 fully saturated rings. The van der Waals surface area contributed by atoms with Crippen LogP contribution in [0.3, 0.4) is 0 Å². The highest BCUT2D eigenvalue weighted by atomic mass is 32.2. The van der Waals surface area contributed by atoms with Crippen LogP contribution in [0.5, 0.6) is 0 Å². The largest absolute Gasteiger partial charge is 0.369 e. The van der Waals surface area contributed by atoms with E-state index in [0.29, 0.717) is 36.1 Å². The van der Waals surface area contributed by atoms with Crippen LogP contribution in [-0.4, -0.2) is 56.4 Å². The van der Waals surface area contributed by atoms with Crippen molar-refractivity contribution >= 4 is 22.5 Å². The summed E-state index contributed by atoms with van der Waals surface area (Å²) in [4.78, 5) is 13.8. The molecule has 1 aromatic rings. The minimum Gasteiger partial charge on any atom is -0.369 e. The Kier molecular flexibility index (Phi) is 4.84. The SMILES string of the molecule is CCCNc1ccc(C(=O)N2CCS(=O)CC2)nn1. The van der Waals surface area contributed by atoms with Gasteiger partial charge >= 0.3 is 0 Å². The maximum atomic E-state index is 12.1. The van der Waals surface area contributed by atoms with Crippen LogP contribution in [0, 0.1) is 0 Å². The summed E-state index contributed by atoms with van der Waals surface area (Å²) in [5.41, 5.74) is 0.342. The van der Waals surface area contributed by atoms with Gasteiger partial charge in [-0.25, -0.2) is 0 Å². The van der Waals surface area contributed by atoms with Gasteiger partial charge in [0.2, 0.25) is 0 Å². The van der Waals surface area contributed by atoms with Crippen LogP contribution in [0.4, 0.5) is 5.82 Å². The predicted molar refractivity (Wildman–Crippen MR) is 74.6 cm³/mol. The Morgan fingerprint density at radius 2 is 2.11 bits per heavy atom. The van der Waals surface area contributed by atoms with E-state index >= 15 is 0 Å². The molecule has 1 saturated heterocycles. The molecule has 1 aliphatic heterocycles. The number of aromatic nitrogens is 2. The quantitative estimate of drug-likeness (QED) is 0.870. The van der Waals surface area contributed by atoms with Crippen LogP contribution in [0.15, 0.2) is 12.1 Å². The Morgan fingerprint density at radius 1 is 1.37 bits per heavy atom. The van der Waals surface area contributed by atoms with E-state index in [4.69, 9.17) is 0 Å². The maximum absolute atomic E-state index is 12.1. The first-order valence-electron chi connectivity index (χ1n) is 6.42. The Bertz CT molecular complexity index is 453. The average molecular weight is 282 g/mol. The number of hydrogen-bond donors (Lipinski definition) is 1. The summed E-state index contributed by atoms with van der Waals surface area (Å²) in [7, 11) is -0.781. The van der Waals surface area contributed by atoms with Gasteiger partial charge in [-0.2, -0.15) is 0 Å². The van der Waals surface area contributed by atoms with Gasteiger partial charge < -0.3 is 10.2 Å². The molecular formula is C12H18N4O2S. The summed E-state index contributed by atoms with van der Waals surface area (Å²) in [6, 6.07) is 3.44. The third-order valence-electron chi connectivity index (χ3n) is 2.90. The van der Waals surface area contributed by atoms with E-state index in [9.17, 15) is 9.00 Å². The summed E-state index contributed by atoms with van der Waals surface area (Å²) in [6.45, 7) is 3.96. The number of rotatable bonds is 4. The van der Waals surface area contributed by atoms with Crippen molar-refractivity contribution in [2.45, 2.75) is 13.3 Å². The fraction of sp³-hybridized carbons (Fsp3) is 0.583. The second kappa shape index (κ2) is 6.60. The van der Waals surface area contributed by atoms with Crippen molar-refractivity contribution in [1.29, 1.82) is 0 Å². The molecule has 1 aliphatic rings. The molecule has 0 aromatic carbocycles. The van der Waals surface area contributed by atoms with E-state index in [0.717, 1.165) is 13.0 Å². The zero-order valence-electron chi connectivity index (χ0n) is 11.0. The topological polar surface area (TPSA) is 75.2 Å². The maximum Gasteiger partial charge on any atom is 0.274 e. The van der Waals surface area contributed by atoms with Crippen molar-refractivity contribution in [3.8, 4) is 0 Å². The summed E-state index contributed by atoms with van der Waals surface area (Å²) >= 11 is 0. The standard InChI is InChI=1S/C12H18N4O2S/c1-2-5-13-11-4-3-10(14-15-11)12(17)16-6-8-19(18)9-7-16/h3-4H,2,5-9H2,1H3,(H,13,15). The van der Waals surface area contributed by atoms with Crippen molar-refractivity contribution < 1.29 is 9.00 Å². The van der Waals surface area contributed by atoms with E-state index < -0.39 is 10.8 Å². The number of nitrogens with one attached hydrogen (secondary N) is 1. The average Bonchev–Trinajstić information content (AvgIpc) is 2.46. The number of carbonyl (C=O) groups excluding carboxylic acids is 1. The lowest BCUT2D eigenvalue weighted by molar-refractivity contribution is 0.0764. The first-order valence-corrected chi connectivity index (χ1v) is 7.91. The molecule has 0 atom stereocenters. The molecule has 1 N–H and O–H groups in total. The van der Waals surface area contributed by atoms with Gasteiger partial charge in [-0.3, -0.25) is 9.00 Å². The van der Waals surface area contributed by atoms with Gasteiger partial charge in [0, 0.05) is 41.9 Å². The summed E-state index contributed by atoms with van der Waals surface area (Å²) < 4.78 is 11.2. The fourth-order valence-corrected chi connectivity index (χ4v) is 2.85. The Balaban J connectivity index is 1.97. The monoisotopic (exact) mass is 282 g/mol. The van der Waals surface area contributed by atoms with E-state index in [-0.39, 0.29) is 5.91 Å². The molecule has 104 valence electrons. The minimum atomic E-state index is -0.781. The van der Waals surface area contributed by atoms with E-state index in [1.165, 1.54) is 0 Å². The Hall–Kier alpha value is -1.50. The lowest BCUT2D eigenvalue weighted by atomic mass is 10.3. The molecule has 0 radical (unpaired) electrons. The molecule has 0 saturated carbocycles. The highest BCUT2D eigenvalue weighted by molar-refractivity contribution is 7.85. The molecular weight excluding hydrogens is 264 g/mol. The van der Waals surface area contributed by atoms with Gasteiger partial charge in [0.25, 0.3) is 5.91 Å². The molecule has 1 aromatic heterocycles. The van der Waals surface area contributed by atoms with Crippen LogP contribution in [0.25, 0.3) is 0 Å². The first-order chi connectivity index (χ1) is 9.20. The molecule has 7 heteroatoms. The molecule has 0 spiro atoms. The van der Waals surface area contributed by atoms with Crippen LogP contribution < -0.4 is 5.32 Å². The second-order valence-corrected chi connectivity index (χ2v) is 6.07. The first kappa shape index (κ1) is 13.9. The second-order valence-electron chi connectivity index (χ2n) is 4.37. The minimum absolute atomic E-state index is 0.133. The smallest absolute Gasteiger partial charge is 0.274 e. The zero-order chi connectivity index (χ0) is 13.7. The molecule has 0 unspecified atom stereocenters. The van der Waals surface area contributed by atoms with Crippen LogP contribution in [0.2, 0.25) is 0 Å². The van der Waals surface area contributed by atoms with Gasteiger partial charge in [-0.1, -0.05) is 6.92 Å². The van der Waals surface area contributed by atoms with E-state index in [1.54, 1.807) is 17.0 Å². The van der Waals surface area contributed by atoms with Crippen LogP contribution in [-0.2, 0) is 10.8 Å². The third-order valence-corrected chi connectivity index (χ3v) is 4.18. The lowest BCUT2D eigenvalue weighted by Gasteiger charge is -2.25. The normalized spacial score (nSPS) is 16.4. The van der Waals surface area contributed by atoms with Gasteiger partial charge in [0.15, 0.2) is 5.69 Å². The zero-order valence-corrected chi connectivity index (χ0v) is 11.8. The number of hydrogen-bond acceptors (Lipinski definition) is 5. The van der Waals surface area contributed by atoms with Crippen LogP contribution >= 0.6 is 0 Å². The number of amides is 1. The number of anilines is 1. The molecule has 2 heterocycles. The van der Waals surface area contributed by atoms with E-state index in [2.05, 4.69) is 22.4 Å². The predicted octanol–water partition coefficient (Wildman–Crippen LogP) is 0.503. The van der Waals surface area contributed by atoms with Crippen molar-refractivity contribution in [2.75, 3.05) is 36.5 Å². The molecule has 0 aliphatic carbocycles. The van der Waals surface area contributed by atoms with Gasteiger partial charge in [-0.15, -0.1) is 10.2 Å². The molecule has 2 rings (SSSR count). The van der Waals surface area contributed by atoms with Crippen molar-refractivity contribution in [3.63, 3.8) is 0 Å². The molecule has 6 nitrogen and oxygen atoms in total. The van der Waals surface area contributed by atoms with Crippen molar-refractivity contribution in [2.24, 2.45) is 0 Å². The molecule has 0 bridgehead atoms. The summed E-state index contributed by atoms with van der Waals surface area (Å²) in [5, 5.41) is 11.0. The fourth-order valence-electron chi connectivity index (χ4n) is 1.80. The molecule has 1 amide bonds. The highest BCUT2D eigenvalue weighted by Gasteiger charge is 2.22. The van der Waals surface area contributed by atoms with E-state index in [1.807, 2.05) is 0 Å². The van der Waals surface area contributed by atoms with Gasteiger partial charge in [-0.05, 0) is 18.6 Å².